The Morgan fingerprint density at radius 3 is 2.63 bits per heavy atom. The van der Waals surface area contributed by atoms with E-state index in [0.717, 1.165) is 24.3 Å². The topological polar surface area (TPSA) is 96.3 Å². The van der Waals surface area contributed by atoms with Gasteiger partial charge in [-0.1, -0.05) is 0 Å². The number of aromatic nitrogens is 2. The van der Waals surface area contributed by atoms with Crippen molar-refractivity contribution in [3.63, 3.8) is 0 Å². The fourth-order valence-electron chi connectivity index (χ4n) is 2.88. The summed E-state index contributed by atoms with van der Waals surface area (Å²) in [5, 5.41) is 5.94. The summed E-state index contributed by atoms with van der Waals surface area (Å²) in [7, 11) is 1.39. The van der Waals surface area contributed by atoms with Crippen molar-refractivity contribution in [2.45, 2.75) is 37.6 Å². The molecule has 0 atom stereocenters. The maximum absolute atomic E-state index is 12.3. The van der Waals surface area contributed by atoms with Gasteiger partial charge in [-0.25, -0.2) is 17.7 Å². The molecule has 0 aliphatic carbocycles. The highest BCUT2D eigenvalue weighted by molar-refractivity contribution is 7.89. The second-order valence-electron chi connectivity index (χ2n) is 6.52. The van der Waals surface area contributed by atoms with Gasteiger partial charge in [0, 0.05) is 40.0 Å². The maximum Gasteiger partial charge on any atom is 0.242 e. The average molecular weight is 396 g/mol. The molecule has 2 aromatic rings. The van der Waals surface area contributed by atoms with Crippen LogP contribution in [0.2, 0.25) is 0 Å². The molecule has 1 aromatic heterocycles. The summed E-state index contributed by atoms with van der Waals surface area (Å²) in [6.45, 7) is 4.22. The molecule has 0 aliphatic rings. The molecule has 1 heterocycles. The van der Waals surface area contributed by atoms with Gasteiger partial charge >= 0.3 is 0 Å². The van der Waals surface area contributed by atoms with Crippen molar-refractivity contribution in [1.29, 1.82) is 0 Å². The number of carbonyl (C=O) groups excluding carboxylic acids is 1. The van der Waals surface area contributed by atoms with Crippen LogP contribution in [0.15, 0.2) is 23.1 Å². The van der Waals surface area contributed by atoms with Crippen molar-refractivity contribution in [1.82, 2.24) is 24.5 Å². The molecule has 8 nitrogen and oxygen atoms in total. The Labute approximate surface area is 161 Å². The van der Waals surface area contributed by atoms with E-state index in [2.05, 4.69) is 15.6 Å². The van der Waals surface area contributed by atoms with Gasteiger partial charge in [-0.15, -0.1) is 0 Å². The molecular weight excluding hydrogens is 366 g/mol. The molecule has 0 saturated heterocycles. The van der Waals surface area contributed by atoms with E-state index in [-0.39, 0.29) is 10.8 Å². The first-order valence-electron chi connectivity index (χ1n) is 9.14. The Morgan fingerprint density at radius 1 is 1.26 bits per heavy atom. The third-order valence-corrected chi connectivity index (χ3v) is 6.21. The number of nitrogens with zero attached hydrogens (tertiary/aromatic N) is 3. The fourth-order valence-corrected chi connectivity index (χ4v) is 3.80. The van der Waals surface area contributed by atoms with Crippen LogP contribution in [0.4, 0.5) is 0 Å². The second kappa shape index (κ2) is 9.29. The van der Waals surface area contributed by atoms with E-state index >= 15 is 0 Å². The van der Waals surface area contributed by atoms with Gasteiger partial charge in [0.15, 0.2) is 0 Å². The number of hydrogen-bond donors (Lipinski definition) is 2. The maximum atomic E-state index is 12.3. The minimum atomic E-state index is -3.50. The quantitative estimate of drug-likeness (QED) is 0.584. The number of nitrogens with one attached hydrogen (secondary N) is 2. The number of sulfonamides is 1. The summed E-state index contributed by atoms with van der Waals surface area (Å²) in [5.74, 6) is 0.786. The van der Waals surface area contributed by atoms with Gasteiger partial charge in [0.25, 0.3) is 0 Å². The van der Waals surface area contributed by atoms with Gasteiger partial charge in [0.2, 0.25) is 15.9 Å². The average Bonchev–Trinajstić information content (AvgIpc) is 3.00. The van der Waals surface area contributed by atoms with E-state index in [1.54, 1.807) is 18.2 Å². The van der Waals surface area contributed by atoms with Gasteiger partial charge in [0.05, 0.1) is 15.9 Å². The minimum absolute atomic E-state index is 0.00307. The molecule has 150 valence electrons. The first-order chi connectivity index (χ1) is 12.8. The summed E-state index contributed by atoms with van der Waals surface area (Å²) in [5.41, 5.74) is 1.50. The molecule has 27 heavy (non-hydrogen) atoms. The first-order valence-corrected chi connectivity index (χ1v) is 10.6. The molecule has 0 saturated carbocycles. The number of rotatable bonds is 10. The summed E-state index contributed by atoms with van der Waals surface area (Å²) in [6.07, 6.45) is 1.75. The lowest BCUT2D eigenvalue weighted by Crippen LogP contribution is -2.27. The molecule has 0 radical (unpaired) electrons. The molecule has 0 unspecified atom stereocenters. The van der Waals surface area contributed by atoms with Gasteiger partial charge in [-0.05, 0) is 45.1 Å². The Morgan fingerprint density at radius 2 is 2.00 bits per heavy atom. The molecule has 0 fully saturated rings. The molecule has 2 N–H and O–H groups in total. The number of carbonyl (C=O) groups is 1. The Bertz CT molecular complexity index is 890. The van der Waals surface area contributed by atoms with Crippen LogP contribution in [-0.2, 0) is 27.8 Å². The number of imidazole rings is 1. The van der Waals surface area contributed by atoms with Gasteiger partial charge in [-0.2, -0.15) is 0 Å². The SMILES string of the molecule is CCn1c(CCC(=O)NCCCNC)nc2cc(S(=O)(=O)N(C)C)ccc21. The van der Waals surface area contributed by atoms with E-state index in [9.17, 15) is 13.2 Å². The monoisotopic (exact) mass is 395 g/mol. The molecule has 1 aromatic carbocycles. The highest BCUT2D eigenvalue weighted by Crippen LogP contribution is 2.22. The van der Waals surface area contributed by atoms with Crippen LogP contribution >= 0.6 is 0 Å². The van der Waals surface area contributed by atoms with Crippen molar-refractivity contribution in [2.24, 2.45) is 0 Å². The molecule has 0 aliphatic heterocycles. The van der Waals surface area contributed by atoms with Crippen molar-refractivity contribution in [2.75, 3.05) is 34.2 Å². The van der Waals surface area contributed by atoms with Crippen LogP contribution in [-0.4, -0.2) is 62.4 Å². The highest BCUT2D eigenvalue weighted by atomic mass is 32.2. The zero-order valence-corrected chi connectivity index (χ0v) is 17.3. The van der Waals surface area contributed by atoms with Crippen LogP contribution < -0.4 is 10.6 Å². The number of amides is 1. The minimum Gasteiger partial charge on any atom is -0.356 e. The van der Waals surface area contributed by atoms with E-state index < -0.39 is 10.0 Å². The van der Waals surface area contributed by atoms with Crippen molar-refractivity contribution < 1.29 is 13.2 Å². The smallest absolute Gasteiger partial charge is 0.242 e. The largest absolute Gasteiger partial charge is 0.356 e. The summed E-state index contributed by atoms with van der Waals surface area (Å²) < 4.78 is 27.9. The van der Waals surface area contributed by atoms with Crippen LogP contribution in [0.25, 0.3) is 11.0 Å². The highest BCUT2D eigenvalue weighted by Gasteiger charge is 2.19. The zero-order valence-electron chi connectivity index (χ0n) is 16.4. The third kappa shape index (κ3) is 5.06. The summed E-state index contributed by atoms with van der Waals surface area (Å²) in [4.78, 5) is 16.8. The molecule has 0 bridgehead atoms. The number of aryl methyl sites for hydroxylation is 2. The molecular formula is C18H29N5O3S. The van der Waals surface area contributed by atoms with Crippen LogP contribution in [0, 0.1) is 0 Å². The van der Waals surface area contributed by atoms with E-state index in [4.69, 9.17) is 0 Å². The first kappa shape index (κ1) is 21.3. The molecule has 2 rings (SSSR count). The lowest BCUT2D eigenvalue weighted by Gasteiger charge is -2.11. The normalized spacial score (nSPS) is 12.0. The Kier molecular flexibility index (Phi) is 7.34. The predicted molar refractivity (Wildman–Crippen MR) is 106 cm³/mol. The fraction of sp³-hybridized carbons (Fsp3) is 0.556. The second-order valence-corrected chi connectivity index (χ2v) is 8.67. The Balaban J connectivity index is 2.16. The predicted octanol–water partition coefficient (Wildman–Crippen LogP) is 0.965. The van der Waals surface area contributed by atoms with Gasteiger partial charge in [0.1, 0.15) is 5.82 Å². The van der Waals surface area contributed by atoms with E-state index in [1.165, 1.54) is 18.4 Å². The van der Waals surface area contributed by atoms with Gasteiger partial charge < -0.3 is 15.2 Å². The van der Waals surface area contributed by atoms with Crippen LogP contribution in [0.3, 0.4) is 0 Å². The van der Waals surface area contributed by atoms with E-state index in [0.29, 0.717) is 31.4 Å². The number of benzene rings is 1. The van der Waals surface area contributed by atoms with Crippen molar-refractivity contribution in [3.05, 3.63) is 24.0 Å². The number of hydrogen-bond acceptors (Lipinski definition) is 5. The zero-order chi connectivity index (χ0) is 20.0. The van der Waals surface area contributed by atoms with E-state index in [1.807, 2.05) is 18.5 Å². The van der Waals surface area contributed by atoms with Gasteiger partial charge in [-0.3, -0.25) is 4.79 Å². The lowest BCUT2D eigenvalue weighted by atomic mass is 10.2. The van der Waals surface area contributed by atoms with Crippen LogP contribution in [0.5, 0.6) is 0 Å². The lowest BCUT2D eigenvalue weighted by molar-refractivity contribution is -0.121. The van der Waals surface area contributed by atoms with Crippen molar-refractivity contribution in [3.8, 4) is 0 Å². The molecule has 0 spiro atoms. The van der Waals surface area contributed by atoms with Crippen LogP contribution in [0.1, 0.15) is 25.6 Å². The molecule has 1 amide bonds. The third-order valence-electron chi connectivity index (χ3n) is 4.39. The summed E-state index contributed by atoms with van der Waals surface area (Å²) in [6, 6.07) is 4.98. The van der Waals surface area contributed by atoms with Crippen molar-refractivity contribution >= 4 is 27.0 Å². The summed E-state index contributed by atoms with van der Waals surface area (Å²) >= 11 is 0. The Hall–Kier alpha value is -1.97. The standard InChI is InChI=1S/C18H29N5O3S/c1-5-23-16-8-7-14(27(25,26)22(3)4)13-15(16)21-17(23)9-10-18(24)20-12-6-11-19-2/h7-8,13,19H,5-6,9-12H2,1-4H3,(H,20,24). The number of fused-ring (bicyclic) bond motifs is 1. The molecule has 9 heteroatoms.